The van der Waals surface area contributed by atoms with E-state index < -0.39 is 24.1 Å². The fraction of sp³-hybridized carbons (Fsp3) is 0.400. The highest BCUT2D eigenvalue weighted by Crippen LogP contribution is 2.30. The molecule has 1 aliphatic heterocycles. The fourth-order valence-electron chi connectivity index (χ4n) is 2.72. The highest BCUT2D eigenvalue weighted by Gasteiger charge is 2.32. The number of anilines is 1. The van der Waals surface area contributed by atoms with Crippen LogP contribution in [-0.2, 0) is 0 Å². The molecule has 7 nitrogen and oxygen atoms in total. The predicted molar refractivity (Wildman–Crippen MR) is 95.0 cm³/mol. The number of carboxylic acid groups (broad SMARTS) is 1. The largest absolute Gasteiger partial charge is 0.544 e. The van der Waals surface area contributed by atoms with Crippen molar-refractivity contribution in [2.24, 2.45) is 0 Å². The second-order valence-corrected chi connectivity index (χ2v) is 7.64. The van der Waals surface area contributed by atoms with Gasteiger partial charge in [-0.25, -0.2) is 9.37 Å². The van der Waals surface area contributed by atoms with Crippen LogP contribution in [0.15, 0.2) is 6.20 Å². The Hall–Kier alpha value is -1.84. The molecule has 1 fully saturated rings. The Morgan fingerprint density at radius 3 is 2.73 bits per heavy atom. The van der Waals surface area contributed by atoms with E-state index in [1.807, 2.05) is 0 Å². The van der Waals surface area contributed by atoms with Gasteiger partial charge in [-0.1, -0.05) is 34.5 Å². The van der Waals surface area contributed by atoms with Crippen LogP contribution >= 0.6 is 34.5 Å². The molecule has 11 heteroatoms. The van der Waals surface area contributed by atoms with Crippen LogP contribution in [0.2, 0.25) is 10.0 Å². The van der Waals surface area contributed by atoms with Crippen molar-refractivity contribution < 1.29 is 19.1 Å². The molecule has 0 spiro atoms. The van der Waals surface area contributed by atoms with Crippen LogP contribution in [-0.4, -0.2) is 47.1 Å². The van der Waals surface area contributed by atoms with Crippen LogP contribution in [0.3, 0.4) is 0 Å². The van der Waals surface area contributed by atoms with Gasteiger partial charge in [0.15, 0.2) is 5.13 Å². The van der Waals surface area contributed by atoms with Crippen LogP contribution in [0.1, 0.15) is 32.3 Å². The molecule has 0 radical (unpaired) electrons. The number of aromatic amines is 1. The fourth-order valence-corrected chi connectivity index (χ4v) is 3.92. The number of nitrogens with one attached hydrogen (secondary N) is 2. The van der Waals surface area contributed by atoms with Gasteiger partial charge < -0.3 is 25.1 Å². The summed E-state index contributed by atoms with van der Waals surface area (Å²) in [6.45, 7) is 2.09. The Labute approximate surface area is 162 Å². The number of hydrogen-bond donors (Lipinski definition) is 2. The van der Waals surface area contributed by atoms with E-state index in [0.717, 1.165) is 11.3 Å². The number of halogens is 3. The number of rotatable bonds is 4. The minimum atomic E-state index is -1.35. The Kier molecular flexibility index (Phi) is 5.40. The van der Waals surface area contributed by atoms with Gasteiger partial charge in [0, 0.05) is 18.4 Å². The highest BCUT2D eigenvalue weighted by molar-refractivity contribution is 7.17. The summed E-state index contributed by atoms with van der Waals surface area (Å²) in [7, 11) is 0. The summed E-state index contributed by atoms with van der Waals surface area (Å²) in [6.07, 6.45) is 0.168. The molecule has 0 aromatic carbocycles. The van der Waals surface area contributed by atoms with Crippen LogP contribution in [0, 0.1) is 6.92 Å². The maximum Gasteiger partial charge on any atom is 0.269 e. The van der Waals surface area contributed by atoms with E-state index in [1.165, 1.54) is 6.20 Å². The minimum Gasteiger partial charge on any atom is -0.544 e. The van der Waals surface area contributed by atoms with Gasteiger partial charge in [0.2, 0.25) is 0 Å². The summed E-state index contributed by atoms with van der Waals surface area (Å²) >= 11 is 12.9. The van der Waals surface area contributed by atoms with Crippen LogP contribution in [0.5, 0.6) is 0 Å². The van der Waals surface area contributed by atoms with Crippen molar-refractivity contribution in [3.63, 3.8) is 0 Å². The van der Waals surface area contributed by atoms with Gasteiger partial charge >= 0.3 is 0 Å². The Morgan fingerprint density at radius 2 is 2.19 bits per heavy atom. The molecule has 2 aromatic rings. The second kappa shape index (κ2) is 7.42. The molecule has 0 bridgehead atoms. The number of hydrogen-bond acceptors (Lipinski definition) is 6. The highest BCUT2D eigenvalue weighted by atomic mass is 35.5. The zero-order chi connectivity index (χ0) is 19.0. The molecular weight excluding hydrogens is 406 g/mol. The van der Waals surface area contributed by atoms with E-state index >= 15 is 0 Å². The van der Waals surface area contributed by atoms with Crippen molar-refractivity contribution in [3.8, 4) is 0 Å². The number of nitrogens with zero attached hydrogens (tertiary/aromatic N) is 2. The molecule has 0 aliphatic carbocycles. The maximum absolute atomic E-state index is 14.5. The molecule has 1 aliphatic rings. The number of carbonyl (C=O) groups excluding carboxylic acids is 2. The van der Waals surface area contributed by atoms with Gasteiger partial charge in [-0.2, -0.15) is 0 Å². The molecule has 3 heterocycles. The lowest BCUT2D eigenvalue weighted by Gasteiger charge is -2.34. The molecule has 140 valence electrons. The van der Waals surface area contributed by atoms with Gasteiger partial charge in [0.05, 0.1) is 33.5 Å². The van der Waals surface area contributed by atoms with Gasteiger partial charge in [-0.15, -0.1) is 0 Å². The average molecular weight is 420 g/mol. The van der Waals surface area contributed by atoms with Crippen molar-refractivity contribution in [2.75, 3.05) is 18.0 Å². The van der Waals surface area contributed by atoms with Crippen molar-refractivity contribution >= 4 is 51.5 Å². The number of aromatic nitrogens is 2. The number of carboxylic acids is 1. The molecule has 26 heavy (non-hydrogen) atoms. The number of amides is 1. The number of carbonyl (C=O) groups is 2. The summed E-state index contributed by atoms with van der Waals surface area (Å²) in [5.41, 5.74) is 0.656. The number of piperidine rings is 1. The van der Waals surface area contributed by atoms with Gasteiger partial charge in [0.1, 0.15) is 11.9 Å². The molecule has 0 unspecified atom stereocenters. The maximum atomic E-state index is 14.5. The summed E-state index contributed by atoms with van der Waals surface area (Å²) in [5, 5.41) is 14.2. The van der Waals surface area contributed by atoms with Gasteiger partial charge in [0.25, 0.3) is 5.91 Å². The van der Waals surface area contributed by atoms with Crippen LogP contribution < -0.4 is 15.3 Å². The first-order valence-electron chi connectivity index (χ1n) is 7.68. The quantitative estimate of drug-likeness (QED) is 0.786. The molecule has 0 saturated carbocycles. The molecule has 2 aromatic heterocycles. The van der Waals surface area contributed by atoms with Crippen molar-refractivity contribution in [3.05, 3.63) is 32.5 Å². The smallest absolute Gasteiger partial charge is 0.269 e. The monoisotopic (exact) mass is 419 g/mol. The normalized spacial score (nSPS) is 20.2. The second-order valence-electron chi connectivity index (χ2n) is 5.88. The van der Waals surface area contributed by atoms with Crippen molar-refractivity contribution in [1.29, 1.82) is 0 Å². The number of aromatic carboxylic acids is 1. The van der Waals surface area contributed by atoms with E-state index in [0.29, 0.717) is 23.8 Å². The Morgan fingerprint density at radius 1 is 1.46 bits per heavy atom. The zero-order valence-corrected chi connectivity index (χ0v) is 15.8. The van der Waals surface area contributed by atoms with E-state index in [2.05, 4.69) is 15.3 Å². The van der Waals surface area contributed by atoms with E-state index in [9.17, 15) is 19.1 Å². The lowest BCUT2D eigenvalue weighted by molar-refractivity contribution is -0.254. The third kappa shape index (κ3) is 3.65. The molecular formula is C15H14Cl2FN4O3S-. The molecule has 1 saturated heterocycles. The van der Waals surface area contributed by atoms with Crippen molar-refractivity contribution in [1.82, 2.24) is 15.3 Å². The zero-order valence-electron chi connectivity index (χ0n) is 13.5. The van der Waals surface area contributed by atoms with Gasteiger partial charge in [-0.3, -0.25) is 4.79 Å². The third-order valence-corrected chi connectivity index (χ3v) is 6.09. The predicted octanol–water partition coefficient (Wildman–Crippen LogP) is 1.80. The third-order valence-electron chi connectivity index (χ3n) is 4.10. The van der Waals surface area contributed by atoms with Gasteiger partial charge in [-0.05, 0) is 13.3 Å². The molecule has 1 amide bonds. The number of thiazole rings is 1. The number of alkyl halides is 1. The summed E-state index contributed by atoms with van der Waals surface area (Å²) in [6, 6.07) is -0.697. The molecule has 2 N–H and O–H groups in total. The first kappa shape index (κ1) is 18.9. The van der Waals surface area contributed by atoms with E-state index in [1.54, 1.807) is 11.8 Å². The van der Waals surface area contributed by atoms with Crippen molar-refractivity contribution in [2.45, 2.75) is 25.6 Å². The molecule has 2 atom stereocenters. The summed E-state index contributed by atoms with van der Waals surface area (Å²) in [4.78, 5) is 31.5. The lowest BCUT2D eigenvalue weighted by atomic mass is 10.0. The van der Waals surface area contributed by atoms with Crippen LogP contribution in [0.4, 0.5) is 9.52 Å². The molecule has 3 rings (SSSR count). The first-order valence-corrected chi connectivity index (χ1v) is 9.25. The average Bonchev–Trinajstić information content (AvgIpc) is 3.18. The summed E-state index contributed by atoms with van der Waals surface area (Å²) in [5.74, 6) is -1.84. The lowest BCUT2D eigenvalue weighted by Crippen LogP contribution is -2.52. The van der Waals surface area contributed by atoms with E-state index in [4.69, 9.17) is 23.2 Å². The first-order chi connectivity index (χ1) is 12.3. The van der Waals surface area contributed by atoms with E-state index in [-0.39, 0.29) is 27.2 Å². The number of H-pyrrole nitrogens is 1. The van der Waals surface area contributed by atoms with Crippen LogP contribution in [0.25, 0.3) is 0 Å². The minimum absolute atomic E-state index is 0.0107. The topological polar surface area (TPSA) is 101 Å². The summed E-state index contributed by atoms with van der Waals surface area (Å²) < 4.78 is 14.5. The standard InChI is InChI=1S/C15H15Cl2FN4O3S/c1-6-10(16)11(17)12(20-6)13(23)21-8-2-3-22(5-7(8)18)15-19-4-9(26-15)14(24)25/h4,7-8,20H,2-3,5H2,1H3,(H,21,23)(H,24,25)/p-1/t7-,8+/m0/s1. The number of aryl methyl sites for hydroxylation is 1. The Balaban J connectivity index is 1.64. The SMILES string of the molecule is Cc1[nH]c(C(=O)N[C@@H]2CCN(c3ncc(C(=O)[O-])s3)C[C@@H]2F)c(Cl)c1Cl. The Bertz CT molecular complexity index is 856.